The van der Waals surface area contributed by atoms with Gasteiger partial charge in [0.1, 0.15) is 5.82 Å². The Morgan fingerprint density at radius 2 is 1.76 bits per heavy atom. The number of carbonyl (C=O) groups is 2. The van der Waals surface area contributed by atoms with Crippen molar-refractivity contribution in [1.82, 2.24) is 25.1 Å². The van der Waals surface area contributed by atoms with Crippen LogP contribution in [0.2, 0.25) is 0 Å². The molecule has 2 amide bonds. The molecule has 1 atom stereocenters. The maximum absolute atomic E-state index is 13.7. The van der Waals surface area contributed by atoms with Gasteiger partial charge in [0.25, 0.3) is 17.5 Å². The van der Waals surface area contributed by atoms with Gasteiger partial charge in [-0.2, -0.15) is 5.10 Å². The van der Waals surface area contributed by atoms with E-state index in [2.05, 4.69) is 20.6 Å². The smallest absolute Gasteiger partial charge is 0.269 e. The van der Waals surface area contributed by atoms with E-state index in [4.69, 9.17) is 0 Å². The van der Waals surface area contributed by atoms with Gasteiger partial charge in [0.2, 0.25) is 0 Å². The molecule has 2 aromatic heterocycles. The Labute approximate surface area is 270 Å². The lowest BCUT2D eigenvalue weighted by Crippen LogP contribution is -2.28. The molecule has 0 radical (unpaired) electrons. The van der Waals surface area contributed by atoms with Crippen LogP contribution in [0.3, 0.4) is 0 Å². The van der Waals surface area contributed by atoms with Crippen LogP contribution in [0.5, 0.6) is 0 Å². The van der Waals surface area contributed by atoms with Crippen LogP contribution in [0.25, 0.3) is 0 Å². The first-order chi connectivity index (χ1) is 22.4. The minimum Gasteiger partial charge on any atom is -0.345 e. The first kappa shape index (κ1) is 30.8. The number of non-ortho nitro benzene ring substituents is 1. The lowest BCUT2D eigenvalue weighted by Gasteiger charge is -2.22. The van der Waals surface area contributed by atoms with Crippen LogP contribution in [0.15, 0.2) is 107 Å². The molecule has 0 saturated carbocycles. The van der Waals surface area contributed by atoms with Crippen molar-refractivity contribution in [3.63, 3.8) is 0 Å². The van der Waals surface area contributed by atoms with E-state index in [-0.39, 0.29) is 41.3 Å². The van der Waals surface area contributed by atoms with Gasteiger partial charge in [-0.3, -0.25) is 19.7 Å². The SMILES string of the molecule is O=C(NCc1nnc(SCC(=O)N2N=C(c3cccs3)C[C@H]2c2ccc(F)cc2)n1Cc1ccccc1)c1ccc([N+](=O)[O-])cc1. The predicted octanol–water partition coefficient (Wildman–Crippen LogP) is 5.84. The van der Waals surface area contributed by atoms with E-state index < -0.39 is 10.8 Å². The van der Waals surface area contributed by atoms with E-state index in [1.54, 1.807) is 23.5 Å². The van der Waals surface area contributed by atoms with Gasteiger partial charge in [0, 0.05) is 24.1 Å². The number of carbonyl (C=O) groups excluding carboxylic acids is 2. The van der Waals surface area contributed by atoms with Gasteiger partial charge < -0.3 is 9.88 Å². The zero-order chi connectivity index (χ0) is 32.0. The molecule has 14 heteroatoms. The van der Waals surface area contributed by atoms with E-state index in [0.29, 0.717) is 23.9 Å². The average molecular weight is 656 g/mol. The summed E-state index contributed by atoms with van der Waals surface area (Å²) in [5.41, 5.74) is 2.71. The van der Waals surface area contributed by atoms with Crippen molar-refractivity contribution in [3.05, 3.63) is 140 Å². The molecular formula is C32H26FN7O4S2. The minimum absolute atomic E-state index is 0.0149. The third kappa shape index (κ3) is 7.03. The van der Waals surface area contributed by atoms with Gasteiger partial charge in [0.05, 0.1) is 40.4 Å². The summed E-state index contributed by atoms with van der Waals surface area (Å²) in [6.45, 7) is 0.438. The number of thioether (sulfide) groups is 1. The number of benzene rings is 3. The number of hydrogen-bond acceptors (Lipinski definition) is 9. The molecular weight excluding hydrogens is 630 g/mol. The highest BCUT2D eigenvalue weighted by Crippen LogP contribution is 2.35. The zero-order valence-electron chi connectivity index (χ0n) is 24.2. The Bertz CT molecular complexity index is 1880. The van der Waals surface area contributed by atoms with Gasteiger partial charge in [-0.1, -0.05) is 60.3 Å². The fourth-order valence-corrected chi connectivity index (χ4v) is 6.48. The molecule has 5 aromatic rings. The van der Waals surface area contributed by atoms with Gasteiger partial charge in [-0.05, 0) is 46.8 Å². The summed E-state index contributed by atoms with van der Waals surface area (Å²) in [6.07, 6.45) is 0.505. The molecule has 1 N–H and O–H groups in total. The molecule has 1 aliphatic rings. The molecule has 6 rings (SSSR count). The Morgan fingerprint density at radius 1 is 1.00 bits per heavy atom. The van der Waals surface area contributed by atoms with Crippen LogP contribution in [0.1, 0.15) is 44.6 Å². The first-order valence-corrected chi connectivity index (χ1v) is 16.0. The van der Waals surface area contributed by atoms with Crippen LogP contribution in [-0.2, 0) is 17.9 Å². The summed E-state index contributed by atoms with van der Waals surface area (Å²) < 4.78 is 15.5. The highest BCUT2D eigenvalue weighted by atomic mass is 32.2. The molecule has 11 nitrogen and oxygen atoms in total. The second-order valence-corrected chi connectivity index (χ2v) is 12.2. The number of hydrogen-bond donors (Lipinski definition) is 1. The number of nitro groups is 1. The second kappa shape index (κ2) is 13.8. The Hall–Kier alpha value is -5.21. The summed E-state index contributed by atoms with van der Waals surface area (Å²) in [5.74, 6) is -0.535. The lowest BCUT2D eigenvalue weighted by molar-refractivity contribution is -0.384. The fourth-order valence-electron chi connectivity index (χ4n) is 4.95. The van der Waals surface area contributed by atoms with Crippen molar-refractivity contribution < 1.29 is 18.9 Å². The predicted molar refractivity (Wildman–Crippen MR) is 172 cm³/mol. The molecule has 0 unspecified atom stereocenters. The Morgan fingerprint density at radius 3 is 2.46 bits per heavy atom. The summed E-state index contributed by atoms with van der Waals surface area (Å²) in [5, 5.41) is 31.0. The number of hydrazone groups is 1. The molecule has 1 aliphatic heterocycles. The van der Waals surface area contributed by atoms with E-state index >= 15 is 0 Å². The monoisotopic (exact) mass is 655 g/mol. The summed E-state index contributed by atoms with van der Waals surface area (Å²) >= 11 is 2.75. The number of nitrogens with zero attached hydrogens (tertiary/aromatic N) is 6. The maximum atomic E-state index is 13.7. The molecule has 0 aliphatic carbocycles. The standard InChI is InChI=1S/C32H26FN7O4S2/c33-24-12-8-22(9-13-24)27-17-26(28-7-4-16-45-28)37-39(27)30(41)20-46-32-36-35-29(38(32)19-21-5-2-1-3-6-21)18-34-31(42)23-10-14-25(15-11-23)40(43)44/h1-16,27H,17-20H2,(H,34,42)/t27-/m0/s1. The van der Waals surface area contributed by atoms with E-state index in [0.717, 1.165) is 21.7 Å². The van der Waals surface area contributed by atoms with Gasteiger partial charge >= 0.3 is 0 Å². The molecule has 46 heavy (non-hydrogen) atoms. The molecule has 0 saturated heterocycles. The number of thiophene rings is 1. The molecule has 0 bridgehead atoms. The summed E-state index contributed by atoms with van der Waals surface area (Å²) in [7, 11) is 0. The number of halogens is 1. The van der Waals surface area contributed by atoms with Crippen LogP contribution < -0.4 is 5.32 Å². The maximum Gasteiger partial charge on any atom is 0.269 e. The number of nitrogens with one attached hydrogen (secondary N) is 1. The largest absolute Gasteiger partial charge is 0.345 e. The van der Waals surface area contributed by atoms with E-state index in [1.165, 1.54) is 53.2 Å². The van der Waals surface area contributed by atoms with Crippen LogP contribution in [-0.4, -0.2) is 48.0 Å². The molecule has 3 aromatic carbocycles. The van der Waals surface area contributed by atoms with E-state index in [1.807, 2.05) is 52.4 Å². The topological polar surface area (TPSA) is 136 Å². The van der Waals surface area contributed by atoms with Gasteiger partial charge in [-0.15, -0.1) is 21.5 Å². The summed E-state index contributed by atoms with van der Waals surface area (Å²) in [4.78, 5) is 37.9. The van der Waals surface area contributed by atoms with Crippen molar-refractivity contribution in [1.29, 1.82) is 0 Å². The average Bonchev–Trinajstić information content (AvgIpc) is 3.84. The van der Waals surface area contributed by atoms with Crippen molar-refractivity contribution in [3.8, 4) is 0 Å². The van der Waals surface area contributed by atoms with Crippen molar-refractivity contribution in [2.75, 3.05) is 5.75 Å². The Kier molecular flexibility index (Phi) is 9.26. The van der Waals surface area contributed by atoms with Gasteiger partial charge in [-0.25, -0.2) is 9.40 Å². The van der Waals surface area contributed by atoms with Crippen LogP contribution in [0.4, 0.5) is 10.1 Å². The minimum atomic E-state index is -0.528. The number of rotatable bonds is 11. The zero-order valence-corrected chi connectivity index (χ0v) is 25.8. The highest BCUT2D eigenvalue weighted by Gasteiger charge is 2.33. The number of amides is 2. The second-order valence-electron chi connectivity index (χ2n) is 10.3. The molecule has 0 spiro atoms. The number of nitro benzene ring substituents is 1. The summed E-state index contributed by atoms with van der Waals surface area (Å²) in [6, 6.07) is 24.6. The van der Waals surface area contributed by atoms with Crippen molar-refractivity contribution in [2.24, 2.45) is 5.10 Å². The number of aromatic nitrogens is 3. The molecule has 0 fully saturated rings. The van der Waals surface area contributed by atoms with Crippen LogP contribution in [0, 0.1) is 15.9 Å². The first-order valence-electron chi connectivity index (χ1n) is 14.2. The third-order valence-corrected chi connectivity index (χ3v) is 9.15. The highest BCUT2D eigenvalue weighted by molar-refractivity contribution is 7.99. The van der Waals surface area contributed by atoms with Crippen LogP contribution >= 0.6 is 23.1 Å². The van der Waals surface area contributed by atoms with Crippen molar-refractivity contribution in [2.45, 2.75) is 30.7 Å². The molecule has 3 heterocycles. The normalized spacial score (nSPS) is 14.2. The van der Waals surface area contributed by atoms with Gasteiger partial charge in [0.15, 0.2) is 11.0 Å². The Balaban J connectivity index is 1.20. The third-order valence-electron chi connectivity index (χ3n) is 7.28. The lowest BCUT2D eigenvalue weighted by atomic mass is 10.0. The van der Waals surface area contributed by atoms with Crippen molar-refractivity contribution >= 4 is 46.3 Å². The van der Waals surface area contributed by atoms with E-state index in [9.17, 15) is 24.1 Å². The quantitative estimate of drug-likeness (QED) is 0.107. The molecule has 232 valence electrons. The fraction of sp³-hybridized carbons (Fsp3) is 0.156.